The number of carbonyl (C=O) groups excluding carboxylic acids is 1. The van der Waals surface area contributed by atoms with Crippen molar-refractivity contribution in [3.8, 4) is 0 Å². The van der Waals surface area contributed by atoms with Gasteiger partial charge in [0.1, 0.15) is 0 Å². The summed E-state index contributed by atoms with van der Waals surface area (Å²) < 4.78 is 0. The van der Waals surface area contributed by atoms with Crippen molar-refractivity contribution in [2.45, 2.75) is 50.8 Å². The van der Waals surface area contributed by atoms with Crippen molar-refractivity contribution in [1.29, 1.82) is 0 Å². The molecule has 3 rings (SSSR count). The molecule has 0 radical (unpaired) electrons. The van der Waals surface area contributed by atoms with Gasteiger partial charge in [0.05, 0.1) is 12.1 Å². The summed E-state index contributed by atoms with van der Waals surface area (Å²) in [5.41, 5.74) is 0.967. The third-order valence-electron chi connectivity index (χ3n) is 5.65. The van der Waals surface area contributed by atoms with E-state index in [1.54, 1.807) is 0 Å². The zero-order valence-corrected chi connectivity index (χ0v) is 15.2. The molecule has 25 heavy (non-hydrogen) atoms. The van der Waals surface area contributed by atoms with Crippen LogP contribution in [0.3, 0.4) is 0 Å². The van der Waals surface area contributed by atoms with Gasteiger partial charge in [-0.2, -0.15) is 0 Å². The molecule has 1 aromatic carbocycles. The van der Waals surface area contributed by atoms with Crippen molar-refractivity contribution in [1.82, 2.24) is 15.1 Å². The third-order valence-corrected chi connectivity index (χ3v) is 5.65. The molecule has 1 heterocycles. The Morgan fingerprint density at radius 1 is 1.16 bits per heavy atom. The van der Waals surface area contributed by atoms with Gasteiger partial charge in [-0.1, -0.05) is 43.2 Å². The number of rotatable bonds is 6. The number of benzene rings is 1. The maximum absolute atomic E-state index is 12.4. The Morgan fingerprint density at radius 2 is 1.80 bits per heavy atom. The molecule has 1 aromatic rings. The topological polar surface area (TPSA) is 55.8 Å². The van der Waals surface area contributed by atoms with Gasteiger partial charge in [0.25, 0.3) is 0 Å². The number of amides is 1. The lowest BCUT2D eigenvalue weighted by atomic mass is 10.1. The van der Waals surface area contributed by atoms with Gasteiger partial charge in [0.15, 0.2) is 0 Å². The van der Waals surface area contributed by atoms with Gasteiger partial charge < -0.3 is 10.4 Å². The van der Waals surface area contributed by atoms with Gasteiger partial charge in [0.2, 0.25) is 5.91 Å². The summed E-state index contributed by atoms with van der Waals surface area (Å²) in [7, 11) is 0. The van der Waals surface area contributed by atoms with E-state index in [1.165, 1.54) is 12.8 Å². The van der Waals surface area contributed by atoms with Gasteiger partial charge in [-0.15, -0.1) is 0 Å². The largest absolute Gasteiger partial charge is 0.387 e. The van der Waals surface area contributed by atoms with E-state index in [4.69, 9.17) is 0 Å². The number of nitrogens with zero attached hydrogens (tertiary/aromatic N) is 2. The van der Waals surface area contributed by atoms with Gasteiger partial charge in [0, 0.05) is 38.8 Å². The molecule has 1 saturated carbocycles. The molecule has 1 aliphatic carbocycles. The summed E-state index contributed by atoms with van der Waals surface area (Å²) >= 11 is 0. The lowest BCUT2D eigenvalue weighted by Crippen LogP contribution is -2.55. The van der Waals surface area contributed by atoms with Crippen molar-refractivity contribution >= 4 is 5.91 Å². The number of β-amino-alcohol motifs (C(OH)–C–C–N with tert-alkyl or cyclic N) is 1. The van der Waals surface area contributed by atoms with Gasteiger partial charge in [-0.3, -0.25) is 14.6 Å². The van der Waals surface area contributed by atoms with Crippen LogP contribution in [0.2, 0.25) is 0 Å². The Kier molecular flexibility index (Phi) is 6.45. The number of carbonyl (C=O) groups is 1. The van der Waals surface area contributed by atoms with Crippen LogP contribution >= 0.6 is 0 Å². The fourth-order valence-corrected chi connectivity index (χ4v) is 3.92. The Hall–Kier alpha value is -1.43. The number of hydrogen-bond acceptors (Lipinski definition) is 4. The number of aliphatic hydroxyl groups is 1. The van der Waals surface area contributed by atoms with Crippen LogP contribution < -0.4 is 5.32 Å². The van der Waals surface area contributed by atoms with Crippen molar-refractivity contribution < 1.29 is 9.90 Å². The number of piperazine rings is 1. The van der Waals surface area contributed by atoms with Crippen LogP contribution in [0.4, 0.5) is 0 Å². The maximum Gasteiger partial charge on any atom is 0.237 e. The molecule has 0 spiro atoms. The highest BCUT2D eigenvalue weighted by molar-refractivity contribution is 5.81. The number of hydrogen-bond donors (Lipinski definition) is 2. The van der Waals surface area contributed by atoms with Crippen LogP contribution in [-0.4, -0.2) is 65.6 Å². The highest BCUT2D eigenvalue weighted by Crippen LogP contribution is 2.19. The van der Waals surface area contributed by atoms with Crippen molar-refractivity contribution in [3.63, 3.8) is 0 Å². The average Bonchev–Trinajstić information content (AvgIpc) is 3.15. The predicted molar refractivity (Wildman–Crippen MR) is 99.3 cm³/mol. The van der Waals surface area contributed by atoms with Crippen LogP contribution in [0, 0.1) is 0 Å². The molecule has 0 aromatic heterocycles. The average molecular weight is 345 g/mol. The minimum absolute atomic E-state index is 0.0678. The zero-order chi connectivity index (χ0) is 17.6. The molecule has 1 saturated heterocycles. The highest BCUT2D eigenvalue weighted by Gasteiger charge is 2.28. The second kappa shape index (κ2) is 8.79. The molecule has 5 nitrogen and oxygen atoms in total. The highest BCUT2D eigenvalue weighted by atomic mass is 16.3. The molecule has 2 unspecified atom stereocenters. The van der Waals surface area contributed by atoms with Crippen molar-refractivity contribution in [2.24, 2.45) is 0 Å². The van der Waals surface area contributed by atoms with Gasteiger partial charge in [-0.25, -0.2) is 0 Å². The zero-order valence-electron chi connectivity index (χ0n) is 15.2. The Balaban J connectivity index is 1.42. The van der Waals surface area contributed by atoms with Crippen molar-refractivity contribution in [3.05, 3.63) is 35.9 Å². The van der Waals surface area contributed by atoms with Gasteiger partial charge >= 0.3 is 0 Å². The summed E-state index contributed by atoms with van der Waals surface area (Å²) in [5.74, 6) is 0.171. The molecule has 2 atom stereocenters. The smallest absolute Gasteiger partial charge is 0.237 e. The predicted octanol–water partition coefficient (Wildman–Crippen LogP) is 1.78. The summed E-state index contributed by atoms with van der Waals surface area (Å²) in [6.07, 6.45) is 4.28. The van der Waals surface area contributed by atoms with E-state index in [9.17, 15) is 9.90 Å². The van der Waals surface area contributed by atoms with E-state index in [1.807, 2.05) is 37.3 Å². The van der Waals surface area contributed by atoms with Crippen LogP contribution in [0.1, 0.15) is 44.3 Å². The Bertz CT molecular complexity index is 537. The molecular formula is C20H31N3O2. The first-order chi connectivity index (χ1) is 12.1. The normalized spacial score (nSPS) is 22.6. The van der Waals surface area contributed by atoms with Crippen LogP contribution in [0.15, 0.2) is 30.3 Å². The quantitative estimate of drug-likeness (QED) is 0.825. The van der Waals surface area contributed by atoms with E-state index < -0.39 is 6.10 Å². The first-order valence-electron chi connectivity index (χ1n) is 9.63. The number of aliphatic hydroxyl groups excluding tert-OH is 1. The standard InChI is InChI=1S/C20H31N3O2/c1-16(20(25)21-18-9-5-6-10-18)23-13-11-22(12-14-23)15-19(24)17-7-3-2-4-8-17/h2-4,7-8,16,18-19,24H,5-6,9-15H2,1H3,(H,21,25). The molecule has 0 bridgehead atoms. The molecule has 2 aliphatic rings. The number of nitrogens with one attached hydrogen (secondary N) is 1. The Morgan fingerprint density at radius 3 is 2.44 bits per heavy atom. The molecule has 1 aliphatic heterocycles. The van der Waals surface area contributed by atoms with E-state index in [-0.39, 0.29) is 11.9 Å². The van der Waals surface area contributed by atoms with Crippen LogP contribution in [0.25, 0.3) is 0 Å². The molecule has 5 heteroatoms. The molecule has 1 amide bonds. The summed E-state index contributed by atoms with van der Waals surface area (Å²) in [6, 6.07) is 10.1. The molecule has 138 valence electrons. The second-order valence-electron chi connectivity index (χ2n) is 7.43. The summed E-state index contributed by atoms with van der Waals surface area (Å²) in [4.78, 5) is 17.0. The SMILES string of the molecule is CC(C(=O)NC1CCCC1)N1CCN(CC(O)c2ccccc2)CC1. The minimum Gasteiger partial charge on any atom is -0.387 e. The molecule has 2 N–H and O–H groups in total. The maximum atomic E-state index is 12.4. The first-order valence-corrected chi connectivity index (χ1v) is 9.63. The Labute approximate surface area is 151 Å². The summed E-state index contributed by atoms with van der Waals surface area (Å²) in [5, 5.41) is 13.6. The third kappa shape index (κ3) is 5.03. The molecular weight excluding hydrogens is 314 g/mol. The first kappa shape index (κ1) is 18.4. The fraction of sp³-hybridized carbons (Fsp3) is 0.650. The van der Waals surface area contributed by atoms with Crippen molar-refractivity contribution in [2.75, 3.05) is 32.7 Å². The van der Waals surface area contributed by atoms with E-state index >= 15 is 0 Å². The minimum atomic E-state index is -0.448. The van der Waals surface area contributed by atoms with E-state index in [0.717, 1.165) is 44.6 Å². The fourth-order valence-electron chi connectivity index (χ4n) is 3.92. The van der Waals surface area contributed by atoms with Crippen LogP contribution in [-0.2, 0) is 4.79 Å². The lowest BCUT2D eigenvalue weighted by Gasteiger charge is -2.38. The van der Waals surface area contributed by atoms with Crippen LogP contribution in [0.5, 0.6) is 0 Å². The molecule has 2 fully saturated rings. The van der Waals surface area contributed by atoms with E-state index in [0.29, 0.717) is 12.6 Å². The second-order valence-corrected chi connectivity index (χ2v) is 7.43. The van der Waals surface area contributed by atoms with Gasteiger partial charge in [-0.05, 0) is 25.3 Å². The summed E-state index contributed by atoms with van der Waals surface area (Å²) in [6.45, 7) is 6.21. The van der Waals surface area contributed by atoms with E-state index in [2.05, 4.69) is 15.1 Å². The lowest BCUT2D eigenvalue weighted by molar-refractivity contribution is -0.127. The monoisotopic (exact) mass is 345 g/mol.